The zero-order valence-electron chi connectivity index (χ0n) is 12.4. The molecule has 1 amide bonds. The highest BCUT2D eigenvalue weighted by Crippen LogP contribution is 2.25. The average molecular weight is 402 g/mol. The molecule has 2 N–H and O–H groups in total. The number of nitrogens with zero attached hydrogens (tertiary/aromatic N) is 1. The molecule has 124 valence electrons. The van der Waals surface area contributed by atoms with Crippen LogP contribution in [0.5, 0.6) is 0 Å². The van der Waals surface area contributed by atoms with Gasteiger partial charge in [0.1, 0.15) is 18.1 Å². The van der Waals surface area contributed by atoms with E-state index in [4.69, 9.17) is 14.9 Å². The molecule has 0 spiro atoms. The molecule has 1 aliphatic heterocycles. The monoisotopic (exact) mass is 400 g/mol. The zero-order valence-corrected chi connectivity index (χ0v) is 14.8. The lowest BCUT2D eigenvalue weighted by molar-refractivity contribution is -0.0228. The van der Waals surface area contributed by atoms with Crippen molar-refractivity contribution in [1.82, 2.24) is 4.90 Å². The Morgan fingerprint density at radius 2 is 2.09 bits per heavy atom. The van der Waals surface area contributed by atoms with Crippen LogP contribution < -0.4 is 5.73 Å². The van der Waals surface area contributed by atoms with Crippen molar-refractivity contribution < 1.29 is 13.9 Å². The Labute approximate surface area is 149 Å². The summed E-state index contributed by atoms with van der Waals surface area (Å²) >= 11 is 3.42. The summed E-state index contributed by atoms with van der Waals surface area (Å²) in [5.74, 6) is 0.565. The van der Waals surface area contributed by atoms with Crippen molar-refractivity contribution in [1.29, 1.82) is 0 Å². The SMILES string of the molecule is Cl.NCc1cc(C(=O)N2CCOC(c3ccc(Br)cc3)C2)co1. The summed E-state index contributed by atoms with van der Waals surface area (Å²) in [5, 5.41) is 0. The molecule has 1 saturated heterocycles. The van der Waals surface area contributed by atoms with Crippen LogP contribution in [0.4, 0.5) is 0 Å². The summed E-state index contributed by atoms with van der Waals surface area (Å²) in [6, 6.07) is 9.67. The molecule has 3 rings (SSSR count). The minimum atomic E-state index is -0.105. The highest BCUT2D eigenvalue weighted by molar-refractivity contribution is 9.10. The first-order chi connectivity index (χ1) is 10.7. The number of hydrogen-bond donors (Lipinski definition) is 1. The van der Waals surface area contributed by atoms with Crippen LogP contribution in [-0.2, 0) is 11.3 Å². The summed E-state index contributed by atoms with van der Waals surface area (Å²) < 4.78 is 12.1. The normalized spacial score (nSPS) is 17.7. The van der Waals surface area contributed by atoms with Crippen LogP contribution in [0.15, 0.2) is 45.5 Å². The number of benzene rings is 1. The van der Waals surface area contributed by atoms with Crippen molar-refractivity contribution in [3.05, 3.63) is 58.0 Å². The fourth-order valence-electron chi connectivity index (χ4n) is 2.50. The smallest absolute Gasteiger partial charge is 0.257 e. The Kier molecular flexibility index (Phi) is 6.24. The van der Waals surface area contributed by atoms with E-state index in [0.29, 0.717) is 31.0 Å². The van der Waals surface area contributed by atoms with E-state index in [1.54, 1.807) is 11.0 Å². The number of halogens is 2. The topological polar surface area (TPSA) is 68.7 Å². The molecule has 2 aromatic rings. The van der Waals surface area contributed by atoms with Crippen LogP contribution in [0, 0.1) is 0 Å². The van der Waals surface area contributed by atoms with E-state index in [9.17, 15) is 4.79 Å². The minimum absolute atomic E-state index is 0. The van der Waals surface area contributed by atoms with Crippen LogP contribution in [0.2, 0.25) is 0 Å². The van der Waals surface area contributed by atoms with Crippen LogP contribution in [0.25, 0.3) is 0 Å². The third kappa shape index (κ3) is 4.14. The molecule has 0 bridgehead atoms. The van der Waals surface area contributed by atoms with Gasteiger partial charge in [-0.15, -0.1) is 12.4 Å². The van der Waals surface area contributed by atoms with Crippen molar-refractivity contribution in [3.8, 4) is 0 Å². The molecule has 1 atom stereocenters. The van der Waals surface area contributed by atoms with Crippen molar-refractivity contribution in [2.75, 3.05) is 19.7 Å². The van der Waals surface area contributed by atoms with Gasteiger partial charge in [-0.2, -0.15) is 0 Å². The first kappa shape index (κ1) is 18.0. The maximum atomic E-state index is 12.5. The summed E-state index contributed by atoms with van der Waals surface area (Å²) in [5.41, 5.74) is 7.11. The summed E-state index contributed by atoms with van der Waals surface area (Å²) in [6.07, 6.45) is 1.36. The maximum absolute atomic E-state index is 12.5. The van der Waals surface area contributed by atoms with E-state index in [-0.39, 0.29) is 31.0 Å². The van der Waals surface area contributed by atoms with Gasteiger partial charge < -0.3 is 19.8 Å². The minimum Gasteiger partial charge on any atom is -0.467 e. The molecule has 0 saturated carbocycles. The number of rotatable bonds is 3. The predicted octanol–water partition coefficient (Wildman–Crippen LogP) is 3.14. The van der Waals surface area contributed by atoms with Gasteiger partial charge in [0, 0.05) is 11.0 Å². The fraction of sp³-hybridized carbons (Fsp3) is 0.312. The van der Waals surface area contributed by atoms with E-state index in [1.165, 1.54) is 6.26 Å². The first-order valence-electron chi connectivity index (χ1n) is 7.11. The maximum Gasteiger partial charge on any atom is 0.257 e. The van der Waals surface area contributed by atoms with Crippen molar-refractivity contribution in [3.63, 3.8) is 0 Å². The fourth-order valence-corrected chi connectivity index (χ4v) is 2.76. The lowest BCUT2D eigenvalue weighted by Crippen LogP contribution is -2.42. The molecule has 1 aliphatic rings. The van der Waals surface area contributed by atoms with Gasteiger partial charge >= 0.3 is 0 Å². The van der Waals surface area contributed by atoms with Crippen LogP contribution in [0.3, 0.4) is 0 Å². The van der Waals surface area contributed by atoms with E-state index < -0.39 is 0 Å². The van der Waals surface area contributed by atoms with Crippen molar-refractivity contribution >= 4 is 34.2 Å². The lowest BCUT2D eigenvalue weighted by atomic mass is 10.1. The number of amides is 1. The van der Waals surface area contributed by atoms with E-state index in [0.717, 1.165) is 10.0 Å². The van der Waals surface area contributed by atoms with Gasteiger partial charge in [0.15, 0.2) is 0 Å². The molecule has 0 aliphatic carbocycles. The first-order valence-corrected chi connectivity index (χ1v) is 7.90. The number of nitrogens with two attached hydrogens (primary N) is 1. The Morgan fingerprint density at radius 1 is 1.35 bits per heavy atom. The van der Waals surface area contributed by atoms with Crippen LogP contribution in [0.1, 0.15) is 27.8 Å². The number of hydrogen-bond acceptors (Lipinski definition) is 4. The zero-order chi connectivity index (χ0) is 15.5. The Bertz CT molecular complexity index is 660. The van der Waals surface area contributed by atoms with Gasteiger partial charge in [-0.3, -0.25) is 4.79 Å². The summed E-state index contributed by atoms with van der Waals surface area (Å²) in [7, 11) is 0. The molecular formula is C16H18BrClN2O3. The standard InChI is InChI=1S/C16H17BrN2O3.ClH/c17-13-3-1-11(2-4-13)15-9-19(5-6-21-15)16(20)12-7-14(8-18)22-10-12;/h1-4,7,10,15H,5-6,8-9,18H2;1H. The van der Waals surface area contributed by atoms with E-state index >= 15 is 0 Å². The molecule has 7 heteroatoms. The molecule has 1 aromatic heterocycles. The van der Waals surface area contributed by atoms with Crippen molar-refractivity contribution in [2.45, 2.75) is 12.6 Å². The quantitative estimate of drug-likeness (QED) is 0.858. The second kappa shape index (κ2) is 7.97. The van der Waals surface area contributed by atoms with Gasteiger partial charge in [0.2, 0.25) is 0 Å². The molecule has 1 unspecified atom stereocenters. The van der Waals surface area contributed by atoms with Crippen LogP contribution >= 0.6 is 28.3 Å². The predicted molar refractivity (Wildman–Crippen MR) is 92.6 cm³/mol. The number of furan rings is 1. The van der Waals surface area contributed by atoms with Crippen LogP contribution in [-0.4, -0.2) is 30.5 Å². The van der Waals surface area contributed by atoms with Gasteiger partial charge in [-0.1, -0.05) is 28.1 Å². The Hall–Kier alpha value is -1.34. The van der Waals surface area contributed by atoms with Gasteiger partial charge in [-0.05, 0) is 23.8 Å². The molecule has 5 nitrogen and oxygen atoms in total. The number of carbonyl (C=O) groups is 1. The van der Waals surface area contributed by atoms with Gasteiger partial charge in [0.05, 0.1) is 25.3 Å². The lowest BCUT2D eigenvalue weighted by Gasteiger charge is -2.33. The molecule has 0 radical (unpaired) electrons. The Balaban J connectivity index is 0.00000192. The third-order valence-corrected chi connectivity index (χ3v) is 4.23. The molecular weight excluding hydrogens is 384 g/mol. The summed E-state index contributed by atoms with van der Waals surface area (Å²) in [4.78, 5) is 14.3. The second-order valence-corrected chi connectivity index (χ2v) is 6.08. The van der Waals surface area contributed by atoms with Crippen molar-refractivity contribution in [2.24, 2.45) is 5.73 Å². The highest BCUT2D eigenvalue weighted by atomic mass is 79.9. The highest BCUT2D eigenvalue weighted by Gasteiger charge is 2.26. The summed E-state index contributed by atoms with van der Waals surface area (Å²) in [6.45, 7) is 1.92. The average Bonchev–Trinajstić information content (AvgIpc) is 3.04. The Morgan fingerprint density at radius 3 is 2.74 bits per heavy atom. The third-order valence-electron chi connectivity index (χ3n) is 3.70. The number of ether oxygens (including phenoxy) is 1. The number of carbonyl (C=O) groups excluding carboxylic acids is 1. The molecule has 23 heavy (non-hydrogen) atoms. The molecule has 2 heterocycles. The van der Waals surface area contributed by atoms with Gasteiger partial charge in [-0.25, -0.2) is 0 Å². The number of morpholine rings is 1. The molecule has 1 aromatic carbocycles. The van der Waals surface area contributed by atoms with E-state index in [1.807, 2.05) is 24.3 Å². The van der Waals surface area contributed by atoms with Gasteiger partial charge in [0.25, 0.3) is 5.91 Å². The second-order valence-electron chi connectivity index (χ2n) is 5.17. The van der Waals surface area contributed by atoms with E-state index in [2.05, 4.69) is 15.9 Å². The largest absolute Gasteiger partial charge is 0.467 e. The molecule has 1 fully saturated rings.